The lowest BCUT2D eigenvalue weighted by Gasteiger charge is -2.14. The van der Waals surface area contributed by atoms with Gasteiger partial charge in [0.2, 0.25) is 5.95 Å². The number of hydrogen-bond acceptors (Lipinski definition) is 5. The number of imidazole rings is 1. The minimum Gasteiger partial charge on any atom is -0.496 e. The first kappa shape index (κ1) is 23.8. The molecule has 178 valence electrons. The van der Waals surface area contributed by atoms with Gasteiger partial charge in [-0.15, -0.1) is 0 Å². The number of fused-ring (bicyclic) bond motifs is 1. The summed E-state index contributed by atoms with van der Waals surface area (Å²) in [7, 11) is 1.55. The van der Waals surface area contributed by atoms with Gasteiger partial charge >= 0.3 is 0 Å². The number of anilines is 2. The number of aryl methyl sites for hydroxylation is 2. The summed E-state index contributed by atoms with van der Waals surface area (Å²) in [4.78, 5) is 28.2. The molecule has 4 rings (SSSR count). The van der Waals surface area contributed by atoms with Gasteiger partial charge in [0.15, 0.2) is 6.29 Å². The van der Waals surface area contributed by atoms with E-state index in [2.05, 4.69) is 41.1 Å². The maximum Gasteiger partial charge on any atom is 0.252 e. The van der Waals surface area contributed by atoms with Crippen LogP contribution in [0.5, 0.6) is 5.75 Å². The number of amides is 1. The molecule has 0 unspecified atom stereocenters. The van der Waals surface area contributed by atoms with E-state index in [-0.39, 0.29) is 5.57 Å². The summed E-state index contributed by atoms with van der Waals surface area (Å²) in [5.74, 6) is 0.396. The van der Waals surface area contributed by atoms with Crippen LogP contribution in [-0.4, -0.2) is 28.9 Å². The van der Waals surface area contributed by atoms with E-state index < -0.39 is 5.91 Å². The van der Waals surface area contributed by atoms with Gasteiger partial charge < -0.3 is 20.4 Å². The normalized spacial score (nSPS) is 11.8. The molecule has 0 atom stereocenters. The summed E-state index contributed by atoms with van der Waals surface area (Å²) in [5.41, 5.74) is 12.2. The number of carbonyl (C=O) groups is 2. The minimum absolute atomic E-state index is 0.0973. The number of nitrogens with two attached hydrogens (primary N) is 1. The number of primary amides is 1. The molecule has 1 amide bonds. The van der Waals surface area contributed by atoms with Crippen LogP contribution in [0.25, 0.3) is 16.6 Å². The third kappa shape index (κ3) is 4.94. The molecule has 0 saturated carbocycles. The van der Waals surface area contributed by atoms with Crippen LogP contribution in [0.1, 0.15) is 29.2 Å². The summed E-state index contributed by atoms with van der Waals surface area (Å²) in [6, 6.07) is 20.1. The van der Waals surface area contributed by atoms with E-state index in [0.717, 1.165) is 22.3 Å². The smallest absolute Gasteiger partial charge is 0.252 e. The highest BCUT2D eigenvalue weighted by Gasteiger charge is 2.19. The summed E-state index contributed by atoms with van der Waals surface area (Å²) in [6.45, 7) is 6.37. The number of hydrogen-bond donors (Lipinski definition) is 2. The quantitative estimate of drug-likeness (QED) is 0.166. The highest BCUT2D eigenvalue weighted by atomic mass is 16.5. The molecule has 3 aromatic carbocycles. The average molecular weight is 469 g/mol. The molecular formula is C28H28N4O3. The number of ether oxygens (including phenoxy) is 1. The Labute approximate surface area is 204 Å². The van der Waals surface area contributed by atoms with E-state index in [1.165, 1.54) is 5.56 Å². The highest BCUT2D eigenvalue weighted by molar-refractivity contribution is 6.16. The van der Waals surface area contributed by atoms with Gasteiger partial charge in [-0.2, -0.15) is 0 Å². The van der Waals surface area contributed by atoms with Crippen molar-refractivity contribution >= 4 is 40.4 Å². The highest BCUT2D eigenvalue weighted by Crippen LogP contribution is 2.34. The number of benzene rings is 3. The Bertz CT molecular complexity index is 1470. The lowest BCUT2D eigenvalue weighted by molar-refractivity contribution is -0.116. The number of aromatic nitrogens is 2. The first-order valence-corrected chi connectivity index (χ1v) is 11.2. The molecule has 35 heavy (non-hydrogen) atoms. The maximum atomic E-state index is 11.8. The second-order valence-corrected chi connectivity index (χ2v) is 8.57. The molecule has 0 aliphatic heterocycles. The number of nitrogens with one attached hydrogen (secondary N) is 1. The molecule has 0 aliphatic carbocycles. The molecule has 7 nitrogen and oxygen atoms in total. The number of carbonyl (C=O) groups excluding carboxylic acids is 2. The van der Waals surface area contributed by atoms with E-state index in [1.54, 1.807) is 14.0 Å². The molecule has 3 N–H and O–H groups in total. The molecule has 4 aromatic rings. The van der Waals surface area contributed by atoms with Crippen molar-refractivity contribution in [3.05, 3.63) is 88.5 Å². The summed E-state index contributed by atoms with van der Waals surface area (Å²) in [5, 5.41) is 3.44. The molecular weight excluding hydrogens is 440 g/mol. The number of nitrogens with zero attached hydrogens (tertiary/aromatic N) is 2. The lowest BCUT2D eigenvalue weighted by Crippen LogP contribution is -2.16. The summed E-state index contributed by atoms with van der Waals surface area (Å²) >= 11 is 0. The van der Waals surface area contributed by atoms with Crippen molar-refractivity contribution < 1.29 is 14.3 Å². The molecule has 0 saturated heterocycles. The van der Waals surface area contributed by atoms with E-state index in [4.69, 9.17) is 15.5 Å². The zero-order valence-electron chi connectivity index (χ0n) is 20.3. The van der Waals surface area contributed by atoms with Crippen molar-refractivity contribution in [2.24, 2.45) is 5.73 Å². The van der Waals surface area contributed by atoms with Gasteiger partial charge in [-0.3, -0.25) is 9.59 Å². The second-order valence-electron chi connectivity index (χ2n) is 8.57. The topological polar surface area (TPSA) is 99.2 Å². The summed E-state index contributed by atoms with van der Waals surface area (Å²) < 4.78 is 7.74. The molecule has 1 aromatic heterocycles. The Morgan fingerprint density at radius 1 is 1.09 bits per heavy atom. The van der Waals surface area contributed by atoms with Gasteiger partial charge in [-0.25, -0.2) is 4.98 Å². The van der Waals surface area contributed by atoms with Crippen LogP contribution < -0.4 is 15.8 Å². The molecule has 0 aliphatic rings. The first-order valence-electron chi connectivity index (χ1n) is 11.2. The lowest BCUT2D eigenvalue weighted by atomic mass is 10.00. The van der Waals surface area contributed by atoms with Gasteiger partial charge in [0.1, 0.15) is 5.75 Å². The Morgan fingerprint density at radius 2 is 1.80 bits per heavy atom. The molecule has 0 fully saturated rings. The van der Waals surface area contributed by atoms with Crippen molar-refractivity contribution in [3.63, 3.8) is 0 Å². The second kappa shape index (κ2) is 9.85. The van der Waals surface area contributed by atoms with Gasteiger partial charge in [0, 0.05) is 17.3 Å². The van der Waals surface area contributed by atoms with Crippen LogP contribution in [-0.2, 0) is 16.1 Å². The fourth-order valence-electron chi connectivity index (χ4n) is 4.19. The van der Waals surface area contributed by atoms with Crippen LogP contribution >= 0.6 is 0 Å². The van der Waals surface area contributed by atoms with Crippen molar-refractivity contribution in [3.8, 4) is 5.75 Å². The van der Waals surface area contributed by atoms with Crippen LogP contribution in [0.15, 0.2) is 66.2 Å². The van der Waals surface area contributed by atoms with Crippen molar-refractivity contribution in [2.45, 2.75) is 27.3 Å². The SMILES string of the molecule is COc1cc2c(cc1/C(C)=C(\C=O)C(N)=O)nc(Nc1cccc(C)c1)n2Cc1cccc(C)c1. The number of rotatable bonds is 8. The zero-order chi connectivity index (χ0) is 25.1. The van der Waals surface area contributed by atoms with Gasteiger partial charge in [0.05, 0.1) is 30.3 Å². The average Bonchev–Trinajstić information content (AvgIpc) is 3.14. The molecule has 0 radical (unpaired) electrons. The number of aldehydes is 1. The predicted octanol–water partition coefficient (Wildman–Crippen LogP) is 4.91. The van der Waals surface area contributed by atoms with Crippen molar-refractivity contribution in [2.75, 3.05) is 12.4 Å². The Balaban J connectivity index is 1.92. The number of allylic oxidation sites excluding steroid dienone is 1. The van der Waals surface area contributed by atoms with Gasteiger partial charge in [-0.05, 0) is 55.7 Å². The molecule has 7 heteroatoms. The number of methoxy groups -OCH3 is 1. The minimum atomic E-state index is -0.786. The van der Waals surface area contributed by atoms with Crippen molar-refractivity contribution in [1.29, 1.82) is 0 Å². The standard InChI is InChI=1S/C28H28N4O3/c1-17-7-5-9-20(11-17)15-32-25-14-26(35-4)22(19(3)23(16-33)27(29)34)13-24(25)31-28(32)30-21-10-6-8-18(2)12-21/h5-14,16H,15H2,1-4H3,(H2,29,34)(H,30,31)/b23-19+. The van der Waals surface area contributed by atoms with E-state index in [0.29, 0.717) is 41.2 Å². The van der Waals surface area contributed by atoms with E-state index >= 15 is 0 Å². The summed E-state index contributed by atoms with van der Waals surface area (Å²) in [6.07, 6.45) is 0.475. The monoisotopic (exact) mass is 468 g/mol. The molecule has 0 bridgehead atoms. The Morgan fingerprint density at radius 3 is 2.43 bits per heavy atom. The third-order valence-electron chi connectivity index (χ3n) is 5.96. The van der Waals surface area contributed by atoms with Crippen LogP contribution in [0.2, 0.25) is 0 Å². The van der Waals surface area contributed by atoms with Crippen LogP contribution in [0, 0.1) is 13.8 Å². The fraction of sp³-hybridized carbons (Fsp3) is 0.179. The fourth-order valence-corrected chi connectivity index (χ4v) is 4.19. The maximum absolute atomic E-state index is 11.8. The largest absolute Gasteiger partial charge is 0.496 e. The van der Waals surface area contributed by atoms with E-state index in [1.807, 2.05) is 43.3 Å². The van der Waals surface area contributed by atoms with Gasteiger partial charge in [-0.1, -0.05) is 42.0 Å². The zero-order valence-corrected chi connectivity index (χ0v) is 20.3. The Hall–Kier alpha value is -4.39. The van der Waals surface area contributed by atoms with Gasteiger partial charge in [0.25, 0.3) is 5.91 Å². The van der Waals surface area contributed by atoms with Crippen LogP contribution in [0.3, 0.4) is 0 Å². The molecule has 1 heterocycles. The first-order chi connectivity index (χ1) is 16.8. The van der Waals surface area contributed by atoms with Crippen molar-refractivity contribution in [1.82, 2.24) is 9.55 Å². The Kier molecular flexibility index (Phi) is 6.68. The third-order valence-corrected chi connectivity index (χ3v) is 5.96. The van der Waals surface area contributed by atoms with Crippen LogP contribution in [0.4, 0.5) is 11.6 Å². The van der Waals surface area contributed by atoms with E-state index in [9.17, 15) is 9.59 Å². The molecule has 0 spiro atoms. The predicted molar refractivity (Wildman–Crippen MR) is 139 cm³/mol.